The number of nitrogens with zero attached hydrogens (tertiary/aromatic N) is 2. The summed E-state index contributed by atoms with van der Waals surface area (Å²) in [6.07, 6.45) is -4.84. The Morgan fingerprint density at radius 1 is 1.57 bits per heavy atom. The molecule has 3 N–H and O–H groups in total. The van der Waals surface area contributed by atoms with Gasteiger partial charge in [-0.2, -0.15) is 13.2 Å². The number of halogens is 4. The quantitative estimate of drug-likeness (QED) is 0.284. The highest BCUT2D eigenvalue weighted by atomic mass is 35.5. The third-order valence-corrected chi connectivity index (χ3v) is 2.63. The lowest BCUT2D eigenvalue weighted by molar-refractivity contribution is -0.386. The lowest BCUT2D eigenvalue weighted by Crippen LogP contribution is -2.40. The van der Waals surface area contributed by atoms with Gasteiger partial charge in [-0.05, 0) is 12.1 Å². The molecule has 116 valence electrons. The largest absolute Gasteiger partial charge is 0.486 e. The van der Waals surface area contributed by atoms with Crippen molar-refractivity contribution in [3.8, 4) is 5.75 Å². The Labute approximate surface area is 120 Å². The zero-order chi connectivity index (χ0) is 16.2. The number of benzene rings is 1. The molecular weight excluding hydrogens is 319 g/mol. The summed E-state index contributed by atoms with van der Waals surface area (Å²) in [5, 5.41) is 21.4. The van der Waals surface area contributed by atoms with Crippen LogP contribution in [0.2, 0.25) is 5.02 Å². The van der Waals surface area contributed by atoms with Crippen LogP contribution in [0.3, 0.4) is 0 Å². The number of nitro groups is 1. The number of nitrogens with two attached hydrogens (primary N) is 1. The number of alkyl halides is 3. The topological polar surface area (TPSA) is 111 Å². The summed E-state index contributed by atoms with van der Waals surface area (Å²) >= 11 is 5.56. The highest BCUT2D eigenvalue weighted by Crippen LogP contribution is 2.32. The maximum Gasteiger partial charge on any atom is 0.402 e. The van der Waals surface area contributed by atoms with Gasteiger partial charge >= 0.3 is 11.9 Å². The second kappa shape index (κ2) is 6.48. The number of ether oxygens (including phenoxy) is 1. The van der Waals surface area contributed by atoms with Crippen molar-refractivity contribution in [1.82, 2.24) is 0 Å². The third-order valence-electron chi connectivity index (χ3n) is 2.39. The van der Waals surface area contributed by atoms with E-state index in [1.54, 1.807) is 0 Å². The molecule has 0 aliphatic heterocycles. The maximum absolute atomic E-state index is 12.7. The van der Waals surface area contributed by atoms with Gasteiger partial charge in [-0.15, -0.1) is 0 Å². The van der Waals surface area contributed by atoms with Crippen LogP contribution in [0.15, 0.2) is 23.4 Å². The molecule has 0 saturated heterocycles. The summed E-state index contributed by atoms with van der Waals surface area (Å²) in [7, 11) is 0. The Bertz CT molecular complexity index is 565. The van der Waals surface area contributed by atoms with Crippen LogP contribution in [-0.2, 0) is 0 Å². The molecule has 1 unspecified atom stereocenters. The molecule has 1 aromatic rings. The number of hydrogen-bond acceptors (Lipinski definition) is 5. The first kappa shape index (κ1) is 16.8. The SMILES string of the molecule is N/C(=N/O)C(COc1ccc(Cl)cc1[N+](=O)[O-])C(F)(F)F. The van der Waals surface area contributed by atoms with E-state index < -0.39 is 40.9 Å². The van der Waals surface area contributed by atoms with Crippen molar-refractivity contribution >= 4 is 23.1 Å². The van der Waals surface area contributed by atoms with Gasteiger partial charge < -0.3 is 15.7 Å². The van der Waals surface area contributed by atoms with Crippen molar-refractivity contribution in [3.05, 3.63) is 33.3 Å². The summed E-state index contributed by atoms with van der Waals surface area (Å²) in [4.78, 5) is 9.91. The van der Waals surface area contributed by atoms with E-state index in [4.69, 9.17) is 27.3 Å². The van der Waals surface area contributed by atoms with Gasteiger partial charge in [0.25, 0.3) is 0 Å². The van der Waals surface area contributed by atoms with Crippen molar-refractivity contribution in [3.63, 3.8) is 0 Å². The molecule has 1 rings (SSSR count). The Morgan fingerprint density at radius 3 is 2.67 bits per heavy atom. The van der Waals surface area contributed by atoms with Crippen LogP contribution in [0.4, 0.5) is 18.9 Å². The van der Waals surface area contributed by atoms with E-state index >= 15 is 0 Å². The van der Waals surface area contributed by atoms with Gasteiger partial charge in [0.2, 0.25) is 0 Å². The minimum absolute atomic E-state index is 0.0258. The molecule has 0 bridgehead atoms. The van der Waals surface area contributed by atoms with Crippen molar-refractivity contribution in [1.29, 1.82) is 0 Å². The van der Waals surface area contributed by atoms with Crippen molar-refractivity contribution < 1.29 is 28.0 Å². The molecule has 1 atom stereocenters. The number of rotatable bonds is 5. The molecule has 0 saturated carbocycles. The average Bonchev–Trinajstić information content (AvgIpc) is 2.38. The summed E-state index contributed by atoms with van der Waals surface area (Å²) in [5.41, 5.74) is 4.34. The van der Waals surface area contributed by atoms with E-state index in [0.29, 0.717) is 0 Å². The van der Waals surface area contributed by atoms with Crippen LogP contribution in [0.1, 0.15) is 0 Å². The highest BCUT2D eigenvalue weighted by molar-refractivity contribution is 6.30. The van der Waals surface area contributed by atoms with Crippen molar-refractivity contribution in [2.75, 3.05) is 6.61 Å². The second-order valence-corrected chi connectivity index (χ2v) is 4.24. The van der Waals surface area contributed by atoms with Gasteiger partial charge in [0, 0.05) is 11.1 Å². The first-order chi connectivity index (χ1) is 9.66. The summed E-state index contributed by atoms with van der Waals surface area (Å²) in [6, 6.07) is 3.21. The first-order valence-electron chi connectivity index (χ1n) is 5.27. The standard InChI is InChI=1S/C10H9ClF3N3O4/c11-5-1-2-8(7(3-5)17(19)20)21-4-6(9(15)16-18)10(12,13)14/h1-3,6,18H,4H2,(H2,15,16). The van der Waals surface area contributed by atoms with E-state index in [1.165, 1.54) is 6.07 Å². The summed E-state index contributed by atoms with van der Waals surface area (Å²) in [6.45, 7) is -1.08. The number of amidine groups is 1. The fraction of sp³-hybridized carbons (Fsp3) is 0.300. The Morgan fingerprint density at radius 2 is 2.19 bits per heavy atom. The molecule has 0 radical (unpaired) electrons. The van der Waals surface area contributed by atoms with Crippen LogP contribution in [-0.4, -0.2) is 28.7 Å². The molecule has 0 spiro atoms. The third kappa shape index (κ3) is 4.38. The monoisotopic (exact) mass is 327 g/mol. The molecular formula is C10H9ClF3N3O4. The average molecular weight is 328 g/mol. The molecule has 21 heavy (non-hydrogen) atoms. The van der Waals surface area contributed by atoms with Crippen LogP contribution in [0.5, 0.6) is 5.75 Å². The molecule has 0 aromatic heterocycles. The number of hydrogen-bond donors (Lipinski definition) is 2. The fourth-order valence-electron chi connectivity index (χ4n) is 1.35. The predicted molar refractivity (Wildman–Crippen MR) is 66.6 cm³/mol. The van der Waals surface area contributed by atoms with E-state index in [0.717, 1.165) is 12.1 Å². The summed E-state index contributed by atoms with van der Waals surface area (Å²) < 4.78 is 42.8. The lowest BCUT2D eigenvalue weighted by Gasteiger charge is -2.19. The number of oxime groups is 1. The van der Waals surface area contributed by atoms with Gasteiger partial charge in [-0.1, -0.05) is 16.8 Å². The fourth-order valence-corrected chi connectivity index (χ4v) is 1.51. The Balaban J connectivity index is 2.99. The van der Waals surface area contributed by atoms with Crippen LogP contribution < -0.4 is 10.5 Å². The maximum atomic E-state index is 12.7. The molecule has 0 aliphatic carbocycles. The smallest absolute Gasteiger partial charge is 0.402 e. The van der Waals surface area contributed by atoms with Crippen LogP contribution >= 0.6 is 11.6 Å². The molecule has 0 amide bonds. The van der Waals surface area contributed by atoms with Gasteiger partial charge in [-0.25, -0.2) is 0 Å². The Kier molecular flexibility index (Phi) is 5.19. The Hall–Kier alpha value is -2.23. The van der Waals surface area contributed by atoms with E-state index in [1.807, 2.05) is 0 Å². The molecule has 0 heterocycles. The van der Waals surface area contributed by atoms with Crippen molar-refractivity contribution in [2.24, 2.45) is 16.8 Å². The van der Waals surface area contributed by atoms with E-state index in [9.17, 15) is 23.3 Å². The predicted octanol–water partition coefficient (Wildman–Crippen LogP) is 2.55. The first-order valence-corrected chi connectivity index (χ1v) is 5.65. The summed E-state index contributed by atoms with van der Waals surface area (Å²) in [5.74, 6) is -3.93. The van der Waals surface area contributed by atoms with E-state index in [2.05, 4.69) is 5.16 Å². The van der Waals surface area contributed by atoms with E-state index in [-0.39, 0.29) is 5.02 Å². The molecule has 7 nitrogen and oxygen atoms in total. The van der Waals surface area contributed by atoms with Crippen molar-refractivity contribution in [2.45, 2.75) is 6.18 Å². The lowest BCUT2D eigenvalue weighted by atomic mass is 10.1. The molecule has 11 heteroatoms. The zero-order valence-corrected chi connectivity index (χ0v) is 10.9. The minimum atomic E-state index is -4.84. The molecule has 0 fully saturated rings. The zero-order valence-electron chi connectivity index (χ0n) is 10.2. The second-order valence-electron chi connectivity index (χ2n) is 3.80. The molecule has 0 aliphatic rings. The van der Waals surface area contributed by atoms with Gasteiger partial charge in [0.1, 0.15) is 12.5 Å². The number of nitro benzene ring substituents is 1. The van der Waals surface area contributed by atoms with Gasteiger partial charge in [-0.3, -0.25) is 10.1 Å². The van der Waals surface area contributed by atoms with Crippen LogP contribution in [0.25, 0.3) is 0 Å². The normalized spacial score (nSPS) is 13.8. The minimum Gasteiger partial charge on any atom is -0.486 e. The van der Waals surface area contributed by atoms with Gasteiger partial charge in [0.15, 0.2) is 11.6 Å². The van der Waals surface area contributed by atoms with Crippen LogP contribution in [0, 0.1) is 16.0 Å². The highest BCUT2D eigenvalue weighted by Gasteiger charge is 2.43. The van der Waals surface area contributed by atoms with Gasteiger partial charge in [0.05, 0.1) is 4.92 Å². The molecule has 1 aromatic carbocycles.